The second-order valence-corrected chi connectivity index (χ2v) is 5.17. The number of fused-ring (bicyclic) bond motifs is 1. The summed E-state index contributed by atoms with van der Waals surface area (Å²) >= 11 is 5.81. The van der Waals surface area contributed by atoms with Crippen LogP contribution < -0.4 is 5.32 Å². The first kappa shape index (κ1) is 13.6. The van der Waals surface area contributed by atoms with E-state index in [9.17, 15) is 4.79 Å². The van der Waals surface area contributed by atoms with Crippen LogP contribution >= 0.6 is 11.6 Å². The van der Waals surface area contributed by atoms with Gasteiger partial charge in [0.25, 0.3) is 5.91 Å². The van der Waals surface area contributed by atoms with Crippen molar-refractivity contribution in [1.82, 2.24) is 4.98 Å². The van der Waals surface area contributed by atoms with Gasteiger partial charge in [0.1, 0.15) is 5.15 Å². The Morgan fingerprint density at radius 1 is 1.05 bits per heavy atom. The molecule has 104 valence electrons. The van der Waals surface area contributed by atoms with E-state index in [1.54, 1.807) is 12.1 Å². The van der Waals surface area contributed by atoms with Crippen molar-refractivity contribution in [3.8, 4) is 0 Å². The molecule has 2 aromatic carbocycles. The number of hydrogen-bond acceptors (Lipinski definition) is 2. The number of rotatable bonds is 2. The zero-order chi connectivity index (χ0) is 14.8. The minimum atomic E-state index is -0.159. The Kier molecular flexibility index (Phi) is 3.59. The fourth-order valence-corrected chi connectivity index (χ4v) is 2.38. The largest absolute Gasteiger partial charge is 0.320 e. The third-order valence-electron chi connectivity index (χ3n) is 3.31. The number of aryl methyl sites for hydroxylation is 1. The van der Waals surface area contributed by atoms with Gasteiger partial charge in [0.2, 0.25) is 0 Å². The van der Waals surface area contributed by atoms with E-state index < -0.39 is 0 Å². The third kappa shape index (κ3) is 2.88. The van der Waals surface area contributed by atoms with Gasteiger partial charge < -0.3 is 5.32 Å². The molecule has 0 unspecified atom stereocenters. The molecule has 0 aliphatic heterocycles. The van der Waals surface area contributed by atoms with Gasteiger partial charge in [-0.15, -0.1) is 0 Å². The van der Waals surface area contributed by atoms with E-state index in [1.807, 2.05) is 49.4 Å². The van der Waals surface area contributed by atoms with Crippen molar-refractivity contribution in [2.45, 2.75) is 6.92 Å². The molecule has 21 heavy (non-hydrogen) atoms. The summed E-state index contributed by atoms with van der Waals surface area (Å²) in [6, 6.07) is 17.0. The molecule has 0 saturated heterocycles. The second-order valence-electron chi connectivity index (χ2n) is 4.78. The standard InChI is InChI=1S/C17H13ClN2O/c1-11-15(8-9-16(18)19-11)20-17(21)14-7-6-12-4-2-3-5-13(12)10-14/h2-10H,1H3,(H,20,21). The topological polar surface area (TPSA) is 42.0 Å². The van der Waals surface area contributed by atoms with Crippen molar-refractivity contribution in [3.63, 3.8) is 0 Å². The van der Waals surface area contributed by atoms with E-state index in [0.717, 1.165) is 10.8 Å². The third-order valence-corrected chi connectivity index (χ3v) is 3.52. The molecule has 0 spiro atoms. The minimum absolute atomic E-state index is 0.159. The summed E-state index contributed by atoms with van der Waals surface area (Å²) in [7, 11) is 0. The van der Waals surface area contributed by atoms with Crippen molar-refractivity contribution in [1.29, 1.82) is 0 Å². The number of halogens is 1. The fourth-order valence-electron chi connectivity index (χ4n) is 2.19. The Labute approximate surface area is 127 Å². The number of anilines is 1. The molecule has 1 aromatic heterocycles. The van der Waals surface area contributed by atoms with Crippen molar-refractivity contribution in [2.75, 3.05) is 5.32 Å². The maximum absolute atomic E-state index is 12.3. The number of benzene rings is 2. The van der Waals surface area contributed by atoms with Crippen molar-refractivity contribution in [3.05, 3.63) is 71.0 Å². The monoisotopic (exact) mass is 296 g/mol. The van der Waals surface area contributed by atoms with Gasteiger partial charge in [0.05, 0.1) is 11.4 Å². The Morgan fingerprint density at radius 2 is 1.81 bits per heavy atom. The molecule has 0 aliphatic carbocycles. The number of pyridine rings is 1. The normalized spacial score (nSPS) is 10.6. The lowest BCUT2D eigenvalue weighted by atomic mass is 10.1. The van der Waals surface area contributed by atoms with Crippen LogP contribution in [-0.2, 0) is 0 Å². The smallest absolute Gasteiger partial charge is 0.255 e. The van der Waals surface area contributed by atoms with Crippen LogP contribution in [0.1, 0.15) is 16.1 Å². The first-order chi connectivity index (χ1) is 10.1. The van der Waals surface area contributed by atoms with Gasteiger partial charge in [-0.2, -0.15) is 0 Å². The van der Waals surface area contributed by atoms with Gasteiger partial charge >= 0.3 is 0 Å². The molecule has 0 atom stereocenters. The van der Waals surface area contributed by atoms with Gasteiger partial charge in [0.15, 0.2) is 0 Å². The van der Waals surface area contributed by atoms with Crippen molar-refractivity contribution < 1.29 is 4.79 Å². The summed E-state index contributed by atoms with van der Waals surface area (Å²) in [6.07, 6.45) is 0. The zero-order valence-corrected chi connectivity index (χ0v) is 12.2. The summed E-state index contributed by atoms with van der Waals surface area (Å²) in [6.45, 7) is 1.81. The molecule has 3 nitrogen and oxygen atoms in total. The molecule has 0 aliphatic rings. The number of amides is 1. The number of nitrogens with one attached hydrogen (secondary N) is 1. The SMILES string of the molecule is Cc1nc(Cl)ccc1NC(=O)c1ccc2ccccc2c1. The Hall–Kier alpha value is -2.39. The first-order valence-electron chi connectivity index (χ1n) is 6.57. The number of aromatic nitrogens is 1. The van der Waals surface area contributed by atoms with Gasteiger partial charge in [0, 0.05) is 5.56 Å². The Balaban J connectivity index is 1.89. The van der Waals surface area contributed by atoms with Crippen LogP contribution in [0.25, 0.3) is 10.8 Å². The van der Waals surface area contributed by atoms with Crippen LogP contribution in [0.2, 0.25) is 5.15 Å². The highest BCUT2D eigenvalue weighted by atomic mass is 35.5. The highest BCUT2D eigenvalue weighted by Crippen LogP contribution is 2.19. The number of hydrogen-bond donors (Lipinski definition) is 1. The summed E-state index contributed by atoms with van der Waals surface area (Å²) < 4.78 is 0. The summed E-state index contributed by atoms with van der Waals surface area (Å²) in [5.41, 5.74) is 1.97. The highest BCUT2D eigenvalue weighted by molar-refractivity contribution is 6.29. The van der Waals surface area contributed by atoms with Gasteiger partial charge in [-0.05, 0) is 42.0 Å². The maximum atomic E-state index is 12.3. The van der Waals surface area contributed by atoms with E-state index in [-0.39, 0.29) is 5.91 Å². The maximum Gasteiger partial charge on any atom is 0.255 e. The molecule has 4 heteroatoms. The van der Waals surface area contributed by atoms with Crippen molar-refractivity contribution in [2.24, 2.45) is 0 Å². The van der Waals surface area contributed by atoms with Crippen LogP contribution in [0.3, 0.4) is 0 Å². The Bertz CT molecular complexity index is 830. The van der Waals surface area contributed by atoms with Crippen molar-refractivity contribution >= 4 is 34.0 Å². The summed E-state index contributed by atoms with van der Waals surface area (Å²) in [4.78, 5) is 16.4. The van der Waals surface area contributed by atoms with E-state index >= 15 is 0 Å². The predicted octanol–water partition coefficient (Wildman–Crippen LogP) is 4.45. The summed E-state index contributed by atoms with van der Waals surface area (Å²) in [5.74, 6) is -0.159. The van der Waals surface area contributed by atoms with Crippen LogP contribution in [0.5, 0.6) is 0 Å². The number of carbonyl (C=O) groups is 1. The van der Waals surface area contributed by atoms with Crippen LogP contribution in [0.4, 0.5) is 5.69 Å². The highest BCUT2D eigenvalue weighted by Gasteiger charge is 2.09. The lowest BCUT2D eigenvalue weighted by Crippen LogP contribution is -2.13. The first-order valence-corrected chi connectivity index (χ1v) is 6.94. The quantitative estimate of drug-likeness (QED) is 0.710. The molecule has 3 aromatic rings. The molecule has 0 bridgehead atoms. The fraction of sp³-hybridized carbons (Fsp3) is 0.0588. The average molecular weight is 297 g/mol. The molecule has 0 radical (unpaired) electrons. The molecule has 0 saturated carbocycles. The molecular formula is C17H13ClN2O. The summed E-state index contributed by atoms with van der Waals surface area (Å²) in [5, 5.41) is 5.42. The molecule has 0 fully saturated rings. The lowest BCUT2D eigenvalue weighted by molar-refractivity contribution is 0.102. The van der Waals surface area contributed by atoms with Crippen LogP contribution in [0.15, 0.2) is 54.6 Å². The molecule has 1 heterocycles. The molecule has 1 amide bonds. The van der Waals surface area contributed by atoms with Gasteiger partial charge in [-0.25, -0.2) is 4.98 Å². The molecule has 1 N–H and O–H groups in total. The predicted molar refractivity (Wildman–Crippen MR) is 85.9 cm³/mol. The van der Waals surface area contributed by atoms with E-state index in [2.05, 4.69) is 10.3 Å². The van der Waals surface area contributed by atoms with E-state index in [4.69, 9.17) is 11.6 Å². The number of nitrogens with zero attached hydrogens (tertiary/aromatic N) is 1. The van der Waals surface area contributed by atoms with Gasteiger partial charge in [-0.3, -0.25) is 4.79 Å². The molecular weight excluding hydrogens is 284 g/mol. The van der Waals surface area contributed by atoms with E-state index in [1.165, 1.54) is 0 Å². The van der Waals surface area contributed by atoms with E-state index in [0.29, 0.717) is 22.1 Å². The molecule has 3 rings (SSSR count). The Morgan fingerprint density at radius 3 is 2.57 bits per heavy atom. The minimum Gasteiger partial charge on any atom is -0.320 e. The lowest BCUT2D eigenvalue weighted by Gasteiger charge is -2.08. The average Bonchev–Trinajstić information content (AvgIpc) is 2.49. The number of carbonyl (C=O) groups excluding carboxylic acids is 1. The van der Waals surface area contributed by atoms with Crippen LogP contribution in [0, 0.1) is 6.92 Å². The second kappa shape index (κ2) is 5.54. The van der Waals surface area contributed by atoms with Crippen LogP contribution in [-0.4, -0.2) is 10.9 Å². The van der Waals surface area contributed by atoms with Gasteiger partial charge in [-0.1, -0.05) is 41.9 Å². The zero-order valence-electron chi connectivity index (χ0n) is 11.4.